The normalized spacial score (nSPS) is 12.0. The fourth-order valence-corrected chi connectivity index (χ4v) is 2.77. The Labute approximate surface area is 145 Å². The summed E-state index contributed by atoms with van der Waals surface area (Å²) >= 11 is 3.55. The number of nitrogens with one attached hydrogen (secondary N) is 1. The standard InChI is InChI=1S/C18H22BrNO3/c1-13(21)10-20-11-15-8-16(19)18(17(9-15)22-2)23-12-14-6-4-3-5-7-14/h3-9,13,20-21H,10-12H2,1-2H3/t13-/m1/s1. The molecule has 5 heteroatoms. The molecule has 2 aromatic carbocycles. The molecule has 1 atom stereocenters. The van der Waals surface area contributed by atoms with E-state index in [0.29, 0.717) is 31.2 Å². The van der Waals surface area contributed by atoms with Crippen LogP contribution < -0.4 is 14.8 Å². The summed E-state index contributed by atoms with van der Waals surface area (Å²) in [7, 11) is 1.63. The molecule has 0 bridgehead atoms. The molecule has 2 aromatic rings. The van der Waals surface area contributed by atoms with E-state index in [1.165, 1.54) is 0 Å². The first-order valence-corrected chi connectivity index (χ1v) is 8.31. The summed E-state index contributed by atoms with van der Waals surface area (Å²) < 4.78 is 12.2. The second-order valence-corrected chi connectivity index (χ2v) is 6.22. The van der Waals surface area contributed by atoms with Gasteiger partial charge in [0.1, 0.15) is 6.61 Å². The van der Waals surface area contributed by atoms with Gasteiger partial charge in [0.05, 0.1) is 17.7 Å². The van der Waals surface area contributed by atoms with E-state index >= 15 is 0 Å². The van der Waals surface area contributed by atoms with Crippen LogP contribution in [-0.4, -0.2) is 24.9 Å². The molecule has 23 heavy (non-hydrogen) atoms. The van der Waals surface area contributed by atoms with Crippen LogP contribution in [0.15, 0.2) is 46.9 Å². The second kappa shape index (κ2) is 8.91. The molecule has 2 rings (SSSR count). The van der Waals surface area contributed by atoms with Gasteiger partial charge in [0.25, 0.3) is 0 Å². The highest BCUT2D eigenvalue weighted by Crippen LogP contribution is 2.37. The average Bonchev–Trinajstić information content (AvgIpc) is 2.54. The molecule has 0 radical (unpaired) electrons. The lowest BCUT2D eigenvalue weighted by molar-refractivity contribution is 0.191. The predicted molar refractivity (Wildman–Crippen MR) is 94.9 cm³/mol. The first-order chi connectivity index (χ1) is 11.1. The molecule has 2 N–H and O–H groups in total. The zero-order chi connectivity index (χ0) is 16.7. The van der Waals surface area contributed by atoms with Gasteiger partial charge in [-0.1, -0.05) is 30.3 Å². The molecular weight excluding hydrogens is 358 g/mol. The molecule has 0 heterocycles. The monoisotopic (exact) mass is 379 g/mol. The van der Waals surface area contributed by atoms with Gasteiger partial charge in [-0.2, -0.15) is 0 Å². The fourth-order valence-electron chi connectivity index (χ4n) is 2.17. The Hall–Kier alpha value is -1.56. The van der Waals surface area contributed by atoms with E-state index in [9.17, 15) is 5.11 Å². The topological polar surface area (TPSA) is 50.7 Å². The van der Waals surface area contributed by atoms with Crippen molar-refractivity contribution >= 4 is 15.9 Å². The smallest absolute Gasteiger partial charge is 0.175 e. The average molecular weight is 380 g/mol. The lowest BCUT2D eigenvalue weighted by Gasteiger charge is -2.15. The summed E-state index contributed by atoms with van der Waals surface area (Å²) in [6.07, 6.45) is -0.367. The molecular formula is C18H22BrNO3. The third kappa shape index (κ3) is 5.53. The van der Waals surface area contributed by atoms with Crippen molar-refractivity contribution in [1.82, 2.24) is 5.32 Å². The number of halogens is 1. The van der Waals surface area contributed by atoms with Gasteiger partial charge in [0, 0.05) is 13.1 Å². The van der Waals surface area contributed by atoms with Gasteiger partial charge in [0.15, 0.2) is 11.5 Å². The fraction of sp³-hybridized carbons (Fsp3) is 0.333. The minimum Gasteiger partial charge on any atom is -0.493 e. The molecule has 0 saturated heterocycles. The molecule has 0 amide bonds. The van der Waals surface area contributed by atoms with Crippen molar-refractivity contribution in [2.75, 3.05) is 13.7 Å². The van der Waals surface area contributed by atoms with Gasteiger partial charge in [-0.25, -0.2) is 0 Å². The molecule has 4 nitrogen and oxygen atoms in total. The number of benzene rings is 2. The molecule has 0 spiro atoms. The Balaban J connectivity index is 2.07. The van der Waals surface area contributed by atoms with Crippen molar-refractivity contribution in [3.8, 4) is 11.5 Å². The summed E-state index contributed by atoms with van der Waals surface area (Å²) in [4.78, 5) is 0. The minimum atomic E-state index is -0.367. The van der Waals surface area contributed by atoms with E-state index in [1.54, 1.807) is 14.0 Å². The number of rotatable bonds is 8. The number of aliphatic hydroxyl groups excluding tert-OH is 1. The van der Waals surface area contributed by atoms with E-state index in [0.717, 1.165) is 15.6 Å². The Kier molecular flexibility index (Phi) is 6.89. The number of hydrogen-bond acceptors (Lipinski definition) is 4. The maximum atomic E-state index is 9.29. The summed E-state index contributed by atoms with van der Waals surface area (Å²) in [6.45, 7) is 3.43. The van der Waals surface area contributed by atoms with Gasteiger partial charge in [-0.15, -0.1) is 0 Å². The predicted octanol–water partition coefficient (Wildman–Crippen LogP) is 3.51. The Morgan fingerprint density at radius 3 is 2.57 bits per heavy atom. The van der Waals surface area contributed by atoms with Crippen molar-refractivity contribution in [3.05, 3.63) is 58.1 Å². The molecule has 0 saturated carbocycles. The van der Waals surface area contributed by atoms with E-state index in [4.69, 9.17) is 9.47 Å². The zero-order valence-electron chi connectivity index (χ0n) is 13.4. The second-order valence-electron chi connectivity index (χ2n) is 5.36. The highest BCUT2D eigenvalue weighted by atomic mass is 79.9. The van der Waals surface area contributed by atoms with Gasteiger partial charge < -0.3 is 19.9 Å². The highest BCUT2D eigenvalue weighted by molar-refractivity contribution is 9.10. The summed E-state index contributed by atoms with van der Waals surface area (Å²) in [5, 5.41) is 12.5. The first kappa shape index (κ1) is 17.8. The Bertz CT molecular complexity index is 617. The van der Waals surface area contributed by atoms with Crippen LogP contribution in [0.25, 0.3) is 0 Å². The summed E-state index contributed by atoms with van der Waals surface area (Å²) in [5.74, 6) is 1.37. The molecule has 0 unspecified atom stereocenters. The van der Waals surface area contributed by atoms with Crippen molar-refractivity contribution in [2.24, 2.45) is 0 Å². The Morgan fingerprint density at radius 1 is 1.17 bits per heavy atom. The number of methoxy groups -OCH3 is 1. The Morgan fingerprint density at radius 2 is 1.91 bits per heavy atom. The molecule has 0 aliphatic heterocycles. The SMILES string of the molecule is COc1cc(CNC[C@@H](C)O)cc(Br)c1OCc1ccccc1. The van der Waals surface area contributed by atoms with Crippen LogP contribution in [0.1, 0.15) is 18.1 Å². The molecule has 124 valence electrons. The quantitative estimate of drug-likeness (QED) is 0.736. The maximum absolute atomic E-state index is 9.29. The van der Waals surface area contributed by atoms with Crippen LogP contribution in [0.2, 0.25) is 0 Å². The third-order valence-electron chi connectivity index (χ3n) is 3.28. The summed E-state index contributed by atoms with van der Waals surface area (Å²) in [6, 6.07) is 13.9. The van der Waals surface area contributed by atoms with Gasteiger partial charge in [-0.3, -0.25) is 0 Å². The van der Waals surface area contributed by atoms with E-state index in [1.807, 2.05) is 42.5 Å². The van der Waals surface area contributed by atoms with Crippen molar-refractivity contribution in [3.63, 3.8) is 0 Å². The van der Waals surface area contributed by atoms with Crippen LogP contribution in [0.3, 0.4) is 0 Å². The van der Waals surface area contributed by atoms with Crippen LogP contribution in [0.5, 0.6) is 11.5 Å². The first-order valence-electron chi connectivity index (χ1n) is 7.52. The molecule has 0 fully saturated rings. The lowest BCUT2D eigenvalue weighted by Crippen LogP contribution is -2.23. The van der Waals surface area contributed by atoms with Crippen LogP contribution in [0.4, 0.5) is 0 Å². The van der Waals surface area contributed by atoms with E-state index < -0.39 is 0 Å². The number of hydrogen-bond donors (Lipinski definition) is 2. The third-order valence-corrected chi connectivity index (χ3v) is 3.87. The van der Waals surface area contributed by atoms with E-state index in [2.05, 4.69) is 21.2 Å². The van der Waals surface area contributed by atoms with Crippen molar-refractivity contribution < 1.29 is 14.6 Å². The highest BCUT2D eigenvalue weighted by Gasteiger charge is 2.12. The van der Waals surface area contributed by atoms with Crippen LogP contribution >= 0.6 is 15.9 Å². The van der Waals surface area contributed by atoms with Crippen molar-refractivity contribution in [1.29, 1.82) is 0 Å². The maximum Gasteiger partial charge on any atom is 0.175 e. The summed E-state index contributed by atoms with van der Waals surface area (Å²) in [5.41, 5.74) is 2.16. The van der Waals surface area contributed by atoms with Gasteiger partial charge in [-0.05, 0) is 46.1 Å². The largest absolute Gasteiger partial charge is 0.493 e. The minimum absolute atomic E-state index is 0.367. The van der Waals surface area contributed by atoms with Crippen molar-refractivity contribution in [2.45, 2.75) is 26.2 Å². The number of aliphatic hydroxyl groups is 1. The zero-order valence-corrected chi connectivity index (χ0v) is 15.0. The molecule has 0 aliphatic rings. The van der Waals surface area contributed by atoms with Crippen LogP contribution in [-0.2, 0) is 13.2 Å². The molecule has 0 aromatic heterocycles. The van der Waals surface area contributed by atoms with Gasteiger partial charge in [0.2, 0.25) is 0 Å². The van der Waals surface area contributed by atoms with Gasteiger partial charge >= 0.3 is 0 Å². The number of ether oxygens (including phenoxy) is 2. The van der Waals surface area contributed by atoms with Crippen LogP contribution in [0, 0.1) is 0 Å². The lowest BCUT2D eigenvalue weighted by atomic mass is 10.2. The van der Waals surface area contributed by atoms with E-state index in [-0.39, 0.29) is 6.10 Å². The molecule has 0 aliphatic carbocycles.